The van der Waals surface area contributed by atoms with Crippen LogP contribution < -0.4 is 10.6 Å². The Morgan fingerprint density at radius 1 is 1.16 bits per heavy atom. The summed E-state index contributed by atoms with van der Waals surface area (Å²) in [6.07, 6.45) is 0. The zero-order valence-electron chi connectivity index (χ0n) is 17.8. The molecule has 1 aliphatic heterocycles. The smallest absolute Gasteiger partial charge is 0.234 e. The van der Waals surface area contributed by atoms with E-state index in [-0.39, 0.29) is 17.4 Å². The van der Waals surface area contributed by atoms with Gasteiger partial charge in [0.25, 0.3) is 0 Å². The fourth-order valence-corrected chi connectivity index (χ4v) is 4.69. The molecule has 2 aromatic rings. The number of thioether (sulfide) groups is 1. The van der Waals surface area contributed by atoms with Crippen molar-refractivity contribution < 1.29 is 9.59 Å². The number of anilines is 1. The Labute approximate surface area is 201 Å². The number of aryl methyl sites for hydroxylation is 1. The number of carbonyl (C=O) groups is 2. The average Bonchev–Trinajstić information content (AvgIpc) is 2.74. The van der Waals surface area contributed by atoms with Crippen molar-refractivity contribution in [2.24, 2.45) is 0 Å². The van der Waals surface area contributed by atoms with Crippen molar-refractivity contribution in [1.82, 2.24) is 5.32 Å². The molecule has 8 heteroatoms. The van der Waals surface area contributed by atoms with Gasteiger partial charge in [-0.1, -0.05) is 53.2 Å². The Bertz CT molecular complexity index is 1180. The molecule has 0 bridgehead atoms. The predicted molar refractivity (Wildman–Crippen MR) is 131 cm³/mol. The van der Waals surface area contributed by atoms with Gasteiger partial charge in [0, 0.05) is 27.0 Å². The van der Waals surface area contributed by atoms with Gasteiger partial charge in [-0.15, -0.1) is 0 Å². The van der Waals surface area contributed by atoms with Gasteiger partial charge < -0.3 is 10.6 Å². The molecule has 0 saturated heterocycles. The third kappa shape index (κ3) is 5.36. The van der Waals surface area contributed by atoms with Crippen molar-refractivity contribution >= 4 is 52.3 Å². The molecule has 0 aromatic heterocycles. The highest BCUT2D eigenvalue weighted by Gasteiger charge is 2.33. The quantitative estimate of drug-likeness (QED) is 0.527. The number of dihydropyridines is 1. The Morgan fingerprint density at radius 3 is 2.44 bits per heavy atom. The molecule has 5 nitrogen and oxygen atoms in total. The normalized spacial score (nSPS) is 15.8. The molecule has 0 unspecified atom stereocenters. The van der Waals surface area contributed by atoms with Crippen molar-refractivity contribution in [2.75, 3.05) is 11.1 Å². The summed E-state index contributed by atoms with van der Waals surface area (Å²) in [5.41, 5.74) is 3.88. The lowest BCUT2D eigenvalue weighted by Crippen LogP contribution is -2.27. The number of hydrogen-bond acceptors (Lipinski definition) is 5. The number of benzene rings is 2. The number of ketones is 1. The highest BCUT2D eigenvalue weighted by Crippen LogP contribution is 2.41. The Hall–Kier alpha value is -2.72. The minimum atomic E-state index is -0.530. The number of carbonyl (C=O) groups excluding carboxylic acids is 2. The summed E-state index contributed by atoms with van der Waals surface area (Å²) >= 11 is 13.4. The molecular weight excluding hydrogens is 465 g/mol. The number of allylic oxidation sites excluding steroid dienone is 3. The number of halogens is 2. The van der Waals surface area contributed by atoms with Crippen molar-refractivity contribution in [2.45, 2.75) is 26.7 Å². The zero-order valence-corrected chi connectivity index (χ0v) is 20.1. The fourth-order valence-electron chi connectivity index (χ4n) is 3.49. The molecule has 164 valence electrons. The SMILES string of the molecule is CC(=O)C1=C(C)NC(SCC(=O)Nc2ccc(C)c(Cl)c2)=C(C#N)[C@@H]1c1ccc(Cl)cc1. The molecule has 1 amide bonds. The summed E-state index contributed by atoms with van der Waals surface area (Å²) in [6.45, 7) is 5.16. The maximum atomic E-state index is 12.5. The second-order valence-electron chi connectivity index (χ2n) is 7.36. The van der Waals surface area contributed by atoms with Crippen LogP contribution in [0.2, 0.25) is 10.0 Å². The number of nitrogens with zero attached hydrogens (tertiary/aromatic N) is 1. The van der Waals surface area contributed by atoms with Gasteiger partial charge in [-0.2, -0.15) is 5.26 Å². The Morgan fingerprint density at radius 2 is 1.84 bits per heavy atom. The molecule has 32 heavy (non-hydrogen) atoms. The van der Waals surface area contributed by atoms with Crippen LogP contribution in [0.5, 0.6) is 0 Å². The second-order valence-corrected chi connectivity index (χ2v) is 9.19. The summed E-state index contributed by atoms with van der Waals surface area (Å²) in [7, 11) is 0. The molecule has 0 aliphatic carbocycles. The van der Waals surface area contributed by atoms with Gasteiger partial charge in [-0.05, 0) is 56.2 Å². The standard InChI is InChI=1S/C24H21Cl2N3O2S/c1-13-4-9-18(10-20(13)26)29-21(31)12-32-24-19(11-27)23(16-5-7-17(25)8-6-16)22(15(3)30)14(2)28-24/h4-10,23,28H,12H2,1-3H3,(H,29,31)/t23-/m0/s1. The number of Topliss-reactive ketones (excluding diaryl/α,β-unsaturated/α-hetero) is 1. The molecule has 0 spiro atoms. The van der Waals surface area contributed by atoms with Gasteiger partial charge in [0.15, 0.2) is 5.78 Å². The summed E-state index contributed by atoms with van der Waals surface area (Å²) in [6, 6.07) is 14.6. The first-order valence-corrected chi connectivity index (χ1v) is 11.5. The number of hydrogen-bond donors (Lipinski definition) is 2. The molecule has 2 N–H and O–H groups in total. The molecule has 1 aliphatic rings. The van der Waals surface area contributed by atoms with Crippen LogP contribution in [0.3, 0.4) is 0 Å². The van der Waals surface area contributed by atoms with E-state index in [0.29, 0.717) is 37.6 Å². The van der Waals surface area contributed by atoms with E-state index in [1.54, 1.807) is 31.2 Å². The maximum Gasteiger partial charge on any atom is 0.234 e. The maximum absolute atomic E-state index is 12.5. The van der Waals surface area contributed by atoms with E-state index in [1.807, 2.05) is 25.1 Å². The molecule has 1 heterocycles. The van der Waals surface area contributed by atoms with E-state index in [9.17, 15) is 14.9 Å². The molecular formula is C24H21Cl2N3O2S. The van der Waals surface area contributed by atoms with Gasteiger partial charge in [0.2, 0.25) is 5.91 Å². The summed E-state index contributed by atoms with van der Waals surface area (Å²) in [5, 5.41) is 17.6. The number of rotatable bonds is 6. The van der Waals surface area contributed by atoms with Crippen LogP contribution in [-0.4, -0.2) is 17.4 Å². The molecule has 2 aromatic carbocycles. The summed E-state index contributed by atoms with van der Waals surface area (Å²) in [5.74, 6) is -0.809. The van der Waals surface area contributed by atoms with E-state index in [4.69, 9.17) is 23.2 Å². The zero-order chi connectivity index (χ0) is 23.4. The van der Waals surface area contributed by atoms with Crippen molar-refractivity contribution in [3.05, 3.63) is 85.5 Å². The van der Waals surface area contributed by atoms with Gasteiger partial charge in [0.1, 0.15) is 0 Å². The van der Waals surface area contributed by atoms with Crippen molar-refractivity contribution in [3.8, 4) is 6.07 Å². The lowest BCUT2D eigenvalue weighted by atomic mass is 9.81. The third-order valence-corrected chi connectivity index (χ3v) is 6.71. The van der Waals surface area contributed by atoms with E-state index >= 15 is 0 Å². The van der Waals surface area contributed by atoms with Crippen LogP contribution in [-0.2, 0) is 9.59 Å². The van der Waals surface area contributed by atoms with Gasteiger partial charge in [-0.25, -0.2) is 0 Å². The highest BCUT2D eigenvalue weighted by atomic mass is 35.5. The largest absolute Gasteiger partial charge is 0.353 e. The van der Waals surface area contributed by atoms with Crippen LogP contribution in [0, 0.1) is 18.3 Å². The Kier molecular flexibility index (Phi) is 7.68. The molecule has 0 saturated carbocycles. The number of nitrogens with one attached hydrogen (secondary N) is 2. The summed E-state index contributed by atoms with van der Waals surface area (Å²) < 4.78 is 0. The van der Waals surface area contributed by atoms with Crippen molar-refractivity contribution in [3.63, 3.8) is 0 Å². The van der Waals surface area contributed by atoms with E-state index < -0.39 is 5.92 Å². The molecule has 1 atom stereocenters. The minimum absolute atomic E-state index is 0.0784. The number of nitriles is 1. The molecule has 0 fully saturated rings. The topological polar surface area (TPSA) is 82.0 Å². The molecule has 3 rings (SSSR count). The first-order valence-electron chi connectivity index (χ1n) is 9.78. The Balaban J connectivity index is 1.85. The van der Waals surface area contributed by atoms with E-state index in [0.717, 1.165) is 11.1 Å². The highest BCUT2D eigenvalue weighted by molar-refractivity contribution is 8.03. The predicted octanol–water partition coefficient (Wildman–Crippen LogP) is 5.96. The van der Waals surface area contributed by atoms with Gasteiger partial charge >= 0.3 is 0 Å². The average molecular weight is 486 g/mol. The van der Waals surface area contributed by atoms with Gasteiger partial charge in [0.05, 0.1) is 28.3 Å². The second kappa shape index (κ2) is 10.3. The fraction of sp³-hybridized carbons (Fsp3) is 0.208. The van der Waals surface area contributed by atoms with Crippen LogP contribution in [0.15, 0.2) is 64.3 Å². The van der Waals surface area contributed by atoms with E-state index in [2.05, 4.69) is 16.7 Å². The monoisotopic (exact) mass is 485 g/mol. The van der Waals surface area contributed by atoms with Crippen LogP contribution in [0.25, 0.3) is 0 Å². The minimum Gasteiger partial charge on any atom is -0.353 e. The van der Waals surface area contributed by atoms with Crippen LogP contribution in [0.4, 0.5) is 5.69 Å². The van der Waals surface area contributed by atoms with Crippen LogP contribution in [0.1, 0.15) is 30.9 Å². The lowest BCUT2D eigenvalue weighted by molar-refractivity contribution is -0.114. The van der Waals surface area contributed by atoms with Crippen LogP contribution >= 0.6 is 35.0 Å². The summed E-state index contributed by atoms with van der Waals surface area (Å²) in [4.78, 5) is 24.9. The van der Waals surface area contributed by atoms with E-state index in [1.165, 1.54) is 18.7 Å². The lowest BCUT2D eigenvalue weighted by Gasteiger charge is -2.29. The van der Waals surface area contributed by atoms with Gasteiger partial charge in [-0.3, -0.25) is 9.59 Å². The van der Waals surface area contributed by atoms with Crippen molar-refractivity contribution in [1.29, 1.82) is 5.26 Å². The third-order valence-electron chi connectivity index (χ3n) is 5.03. The first-order chi connectivity index (χ1) is 15.2. The molecule has 0 radical (unpaired) electrons. The first kappa shape index (κ1) is 23.9. The number of amides is 1.